The molecule has 4 nitrogen and oxygen atoms in total. The number of amides is 1. The zero-order valence-corrected chi connectivity index (χ0v) is 12.1. The molecule has 0 aromatic heterocycles. The molecule has 1 amide bonds. The van der Waals surface area contributed by atoms with E-state index in [-0.39, 0.29) is 10.9 Å². The third kappa shape index (κ3) is 4.00. The highest BCUT2D eigenvalue weighted by Crippen LogP contribution is 2.22. The normalized spacial score (nSPS) is 10.0. The van der Waals surface area contributed by atoms with Crippen molar-refractivity contribution < 1.29 is 9.18 Å². The van der Waals surface area contributed by atoms with Gasteiger partial charge in [-0.05, 0) is 42.5 Å². The molecule has 2 rings (SSSR count). The summed E-state index contributed by atoms with van der Waals surface area (Å²) in [4.78, 5) is 11.1. The Bertz CT molecular complexity index is 686. The van der Waals surface area contributed by atoms with Gasteiger partial charge in [-0.15, -0.1) is 0 Å². The van der Waals surface area contributed by atoms with Gasteiger partial charge in [0.25, 0.3) is 0 Å². The Morgan fingerprint density at radius 1 is 1.14 bits per heavy atom. The first-order chi connectivity index (χ1) is 9.95. The van der Waals surface area contributed by atoms with Crippen LogP contribution in [0.1, 0.15) is 12.5 Å². The fourth-order valence-corrected chi connectivity index (χ4v) is 1.89. The topological polar surface area (TPSA) is 67.2 Å². The van der Waals surface area contributed by atoms with Crippen LogP contribution in [0.4, 0.5) is 21.5 Å². The maximum Gasteiger partial charge on any atom is 0.221 e. The Labute approximate surface area is 127 Å². The summed E-state index contributed by atoms with van der Waals surface area (Å²) in [6, 6.07) is 11.5. The number of hydrogen-bond donors (Lipinski definition) is 3. The molecule has 0 saturated carbocycles. The molecule has 6 heteroatoms. The maximum absolute atomic E-state index is 13.9. The Hall–Kier alpha value is -2.47. The van der Waals surface area contributed by atoms with Crippen molar-refractivity contribution in [3.05, 3.63) is 53.8 Å². The first-order valence-corrected chi connectivity index (χ1v) is 6.60. The van der Waals surface area contributed by atoms with Crippen LogP contribution in [0.25, 0.3) is 0 Å². The molecule has 108 valence electrons. The van der Waals surface area contributed by atoms with Gasteiger partial charge in [0.05, 0.1) is 5.69 Å². The Kier molecular flexibility index (Phi) is 4.49. The van der Waals surface area contributed by atoms with Crippen molar-refractivity contribution in [2.24, 2.45) is 5.73 Å². The first kappa shape index (κ1) is 14.9. The van der Waals surface area contributed by atoms with E-state index in [0.717, 1.165) is 0 Å². The molecule has 4 N–H and O–H groups in total. The van der Waals surface area contributed by atoms with E-state index in [4.69, 9.17) is 18.0 Å². The van der Waals surface area contributed by atoms with Crippen LogP contribution in [0.15, 0.2) is 42.5 Å². The average molecular weight is 303 g/mol. The number of nitrogens with two attached hydrogens (primary N) is 1. The van der Waals surface area contributed by atoms with Crippen molar-refractivity contribution in [1.29, 1.82) is 0 Å². The van der Waals surface area contributed by atoms with Crippen LogP contribution in [0.2, 0.25) is 0 Å². The summed E-state index contributed by atoms with van der Waals surface area (Å²) in [7, 11) is 0. The molecule has 0 aliphatic heterocycles. The molecule has 0 radical (unpaired) electrons. The van der Waals surface area contributed by atoms with Gasteiger partial charge in [-0.3, -0.25) is 4.79 Å². The highest BCUT2D eigenvalue weighted by Gasteiger charge is 2.05. The van der Waals surface area contributed by atoms with E-state index in [9.17, 15) is 9.18 Å². The van der Waals surface area contributed by atoms with Gasteiger partial charge in [0.15, 0.2) is 0 Å². The Morgan fingerprint density at radius 3 is 2.29 bits per heavy atom. The predicted octanol–water partition coefficient (Wildman–Crippen LogP) is 3.16. The van der Waals surface area contributed by atoms with Gasteiger partial charge < -0.3 is 16.4 Å². The lowest BCUT2D eigenvalue weighted by Crippen LogP contribution is -2.09. The number of benzene rings is 2. The number of nitrogens with one attached hydrogen (secondary N) is 2. The summed E-state index contributed by atoms with van der Waals surface area (Å²) < 4.78 is 13.9. The van der Waals surface area contributed by atoms with Crippen LogP contribution in [0.5, 0.6) is 0 Å². The van der Waals surface area contributed by atoms with Crippen molar-refractivity contribution in [2.45, 2.75) is 6.92 Å². The number of anilines is 3. The number of hydrogen-bond acceptors (Lipinski definition) is 3. The van der Waals surface area contributed by atoms with Gasteiger partial charge in [-0.2, -0.15) is 0 Å². The molecule has 0 heterocycles. The molecule has 0 bridgehead atoms. The lowest BCUT2D eigenvalue weighted by molar-refractivity contribution is -0.114. The molecule has 2 aromatic rings. The van der Waals surface area contributed by atoms with Crippen molar-refractivity contribution in [1.82, 2.24) is 0 Å². The SMILES string of the molecule is CC(=O)Nc1ccc(Nc2ccc(C(N)=S)cc2F)cc1. The average Bonchev–Trinajstić information content (AvgIpc) is 2.42. The van der Waals surface area contributed by atoms with Crippen LogP contribution in [0, 0.1) is 5.82 Å². The van der Waals surface area contributed by atoms with Crippen molar-refractivity contribution in [3.8, 4) is 0 Å². The second kappa shape index (κ2) is 6.32. The van der Waals surface area contributed by atoms with Crippen LogP contribution < -0.4 is 16.4 Å². The van der Waals surface area contributed by atoms with E-state index in [1.165, 1.54) is 13.0 Å². The Balaban J connectivity index is 2.14. The van der Waals surface area contributed by atoms with Crippen molar-refractivity contribution >= 4 is 40.2 Å². The smallest absolute Gasteiger partial charge is 0.221 e. The van der Waals surface area contributed by atoms with Gasteiger partial charge >= 0.3 is 0 Å². The number of rotatable bonds is 4. The van der Waals surface area contributed by atoms with Crippen LogP contribution in [0.3, 0.4) is 0 Å². The molecule has 2 aromatic carbocycles. The second-order valence-corrected chi connectivity index (χ2v) is 4.88. The zero-order chi connectivity index (χ0) is 15.4. The molecule has 0 spiro atoms. The highest BCUT2D eigenvalue weighted by molar-refractivity contribution is 7.80. The van der Waals surface area contributed by atoms with Gasteiger partial charge in [0.1, 0.15) is 10.8 Å². The maximum atomic E-state index is 13.9. The van der Waals surface area contributed by atoms with E-state index in [1.807, 2.05) is 0 Å². The van der Waals surface area contributed by atoms with E-state index in [1.54, 1.807) is 36.4 Å². The minimum atomic E-state index is -0.439. The van der Waals surface area contributed by atoms with Gasteiger partial charge in [0, 0.05) is 23.9 Å². The summed E-state index contributed by atoms with van der Waals surface area (Å²) in [6.07, 6.45) is 0. The third-order valence-electron chi connectivity index (χ3n) is 2.74. The molecular formula is C15H14FN3OS. The molecule has 21 heavy (non-hydrogen) atoms. The molecule has 0 atom stereocenters. The van der Waals surface area contributed by atoms with Crippen LogP contribution in [-0.2, 0) is 4.79 Å². The first-order valence-electron chi connectivity index (χ1n) is 6.20. The number of carbonyl (C=O) groups excluding carboxylic acids is 1. The van der Waals surface area contributed by atoms with Crippen LogP contribution in [-0.4, -0.2) is 10.9 Å². The standard InChI is InChI=1S/C15H14FN3OS/c1-9(20)18-11-3-5-12(6-4-11)19-14-7-2-10(15(17)21)8-13(14)16/h2-8,19H,1H3,(H2,17,21)(H,18,20). The lowest BCUT2D eigenvalue weighted by Gasteiger charge is -2.10. The largest absolute Gasteiger partial charge is 0.389 e. The number of carbonyl (C=O) groups is 1. The third-order valence-corrected chi connectivity index (χ3v) is 2.97. The Morgan fingerprint density at radius 2 is 1.76 bits per heavy atom. The zero-order valence-electron chi connectivity index (χ0n) is 11.3. The highest BCUT2D eigenvalue weighted by atomic mass is 32.1. The van der Waals surface area contributed by atoms with E-state index < -0.39 is 5.82 Å². The van der Waals surface area contributed by atoms with E-state index >= 15 is 0 Å². The molecule has 0 unspecified atom stereocenters. The van der Waals surface area contributed by atoms with Crippen molar-refractivity contribution in [3.63, 3.8) is 0 Å². The summed E-state index contributed by atoms with van der Waals surface area (Å²) in [5.41, 5.74) is 7.63. The van der Waals surface area contributed by atoms with Crippen LogP contribution >= 0.6 is 12.2 Å². The predicted molar refractivity (Wildman–Crippen MR) is 86.3 cm³/mol. The van der Waals surface area contributed by atoms with Gasteiger partial charge in [0.2, 0.25) is 5.91 Å². The fourth-order valence-electron chi connectivity index (χ4n) is 1.77. The van der Waals surface area contributed by atoms with Crippen molar-refractivity contribution in [2.75, 3.05) is 10.6 Å². The lowest BCUT2D eigenvalue weighted by atomic mass is 10.2. The summed E-state index contributed by atoms with van der Waals surface area (Å²) in [6.45, 7) is 1.44. The minimum absolute atomic E-state index is 0.143. The number of thiocarbonyl (C=S) groups is 1. The molecule has 0 aliphatic carbocycles. The van der Waals surface area contributed by atoms with E-state index in [0.29, 0.717) is 22.6 Å². The quantitative estimate of drug-likeness (QED) is 0.759. The monoisotopic (exact) mass is 303 g/mol. The molecule has 0 fully saturated rings. The minimum Gasteiger partial charge on any atom is -0.389 e. The fraction of sp³-hybridized carbons (Fsp3) is 0.0667. The summed E-state index contributed by atoms with van der Waals surface area (Å²) >= 11 is 4.80. The van der Waals surface area contributed by atoms with Gasteiger partial charge in [-0.1, -0.05) is 12.2 Å². The molecule has 0 saturated heterocycles. The number of halogens is 1. The molecule has 0 aliphatic rings. The summed E-state index contributed by atoms with van der Waals surface area (Å²) in [5.74, 6) is -0.582. The second-order valence-electron chi connectivity index (χ2n) is 4.44. The van der Waals surface area contributed by atoms with E-state index in [2.05, 4.69) is 10.6 Å². The molecular weight excluding hydrogens is 289 g/mol. The van der Waals surface area contributed by atoms with Gasteiger partial charge in [-0.25, -0.2) is 4.39 Å². The summed E-state index contributed by atoms with van der Waals surface area (Å²) in [5, 5.41) is 5.61.